The highest BCUT2D eigenvalue weighted by atomic mass is 16.5. The van der Waals surface area contributed by atoms with Crippen molar-refractivity contribution in [2.75, 3.05) is 39.9 Å². The summed E-state index contributed by atoms with van der Waals surface area (Å²) in [6.45, 7) is 9.37. The summed E-state index contributed by atoms with van der Waals surface area (Å²) in [6, 6.07) is 8.14. The van der Waals surface area contributed by atoms with Crippen molar-refractivity contribution in [3.05, 3.63) is 24.3 Å². The van der Waals surface area contributed by atoms with E-state index in [1.807, 2.05) is 24.3 Å². The van der Waals surface area contributed by atoms with Crippen molar-refractivity contribution >= 4 is 5.91 Å². The molecule has 1 aromatic rings. The summed E-state index contributed by atoms with van der Waals surface area (Å²) in [4.78, 5) is 16.7. The summed E-state index contributed by atoms with van der Waals surface area (Å²) in [5.74, 6) is 3.35. The van der Waals surface area contributed by atoms with Crippen LogP contribution >= 0.6 is 0 Å². The molecule has 1 unspecified atom stereocenters. The number of benzene rings is 1. The van der Waals surface area contributed by atoms with Crippen LogP contribution in [0.5, 0.6) is 11.5 Å². The van der Waals surface area contributed by atoms with Crippen LogP contribution in [0.4, 0.5) is 0 Å². The van der Waals surface area contributed by atoms with Gasteiger partial charge in [-0.15, -0.1) is 0 Å². The van der Waals surface area contributed by atoms with Crippen LogP contribution in [0.25, 0.3) is 0 Å². The first-order chi connectivity index (χ1) is 13.0. The van der Waals surface area contributed by atoms with Gasteiger partial charge >= 0.3 is 0 Å². The molecule has 2 aliphatic heterocycles. The number of carbonyl (C=O) groups excluding carboxylic acids is 1. The lowest BCUT2D eigenvalue weighted by Crippen LogP contribution is -2.48. The van der Waals surface area contributed by atoms with E-state index in [9.17, 15) is 4.79 Å². The van der Waals surface area contributed by atoms with Gasteiger partial charge < -0.3 is 19.3 Å². The zero-order valence-electron chi connectivity index (χ0n) is 17.0. The van der Waals surface area contributed by atoms with Gasteiger partial charge in [0, 0.05) is 25.6 Å². The van der Waals surface area contributed by atoms with Crippen molar-refractivity contribution in [3.8, 4) is 11.5 Å². The summed E-state index contributed by atoms with van der Waals surface area (Å²) in [5, 5.41) is 0. The van der Waals surface area contributed by atoms with Crippen LogP contribution < -0.4 is 9.47 Å². The molecule has 2 fully saturated rings. The van der Waals surface area contributed by atoms with E-state index in [-0.39, 0.29) is 0 Å². The number of methoxy groups -OCH3 is 1. The molecule has 0 aromatic heterocycles. The molecule has 0 radical (unpaired) electrons. The molecule has 1 aromatic carbocycles. The summed E-state index contributed by atoms with van der Waals surface area (Å²) in [6.07, 6.45) is 4.14. The first-order valence-electron chi connectivity index (χ1n) is 10.3. The Balaban J connectivity index is 1.38. The molecule has 27 heavy (non-hydrogen) atoms. The fourth-order valence-corrected chi connectivity index (χ4v) is 4.18. The van der Waals surface area contributed by atoms with Gasteiger partial charge in [-0.2, -0.15) is 0 Å². The van der Waals surface area contributed by atoms with Gasteiger partial charge in [0.05, 0.1) is 13.7 Å². The van der Waals surface area contributed by atoms with E-state index >= 15 is 0 Å². The van der Waals surface area contributed by atoms with Gasteiger partial charge in [0.15, 0.2) is 0 Å². The fraction of sp³-hybridized carbons (Fsp3) is 0.682. The lowest BCUT2D eigenvalue weighted by Gasteiger charge is -2.39. The van der Waals surface area contributed by atoms with E-state index in [1.54, 1.807) is 7.11 Å². The third-order valence-electron chi connectivity index (χ3n) is 5.93. The van der Waals surface area contributed by atoms with Crippen LogP contribution in [0.2, 0.25) is 0 Å². The molecule has 3 rings (SSSR count). The molecule has 150 valence electrons. The quantitative estimate of drug-likeness (QED) is 0.733. The summed E-state index contributed by atoms with van der Waals surface area (Å²) >= 11 is 0. The van der Waals surface area contributed by atoms with Crippen LogP contribution in [0, 0.1) is 11.8 Å². The monoisotopic (exact) mass is 374 g/mol. The highest BCUT2D eigenvalue weighted by Gasteiger charge is 2.29. The third kappa shape index (κ3) is 5.61. The van der Waals surface area contributed by atoms with Crippen molar-refractivity contribution in [1.82, 2.24) is 9.80 Å². The molecule has 0 spiro atoms. The van der Waals surface area contributed by atoms with E-state index in [1.165, 1.54) is 12.8 Å². The minimum absolute atomic E-state index is 0.320. The number of likely N-dealkylation sites (tertiary alicyclic amines) is 2. The third-order valence-corrected chi connectivity index (χ3v) is 5.93. The lowest BCUT2D eigenvalue weighted by molar-refractivity contribution is -0.137. The van der Waals surface area contributed by atoms with Gasteiger partial charge in [-0.3, -0.25) is 4.79 Å². The van der Waals surface area contributed by atoms with Crippen LogP contribution in [0.15, 0.2) is 24.3 Å². The fourth-order valence-electron chi connectivity index (χ4n) is 4.18. The van der Waals surface area contributed by atoms with Gasteiger partial charge in [0.25, 0.3) is 0 Å². The molecule has 1 atom stereocenters. The lowest BCUT2D eigenvalue weighted by atomic mass is 9.93. The van der Waals surface area contributed by atoms with Crippen molar-refractivity contribution in [2.45, 2.75) is 45.6 Å². The molecule has 2 aliphatic rings. The van der Waals surface area contributed by atoms with Crippen LogP contribution in [-0.2, 0) is 4.79 Å². The Bertz CT molecular complexity index is 594. The Morgan fingerprint density at radius 3 is 2.33 bits per heavy atom. The second kappa shape index (κ2) is 9.45. The van der Waals surface area contributed by atoms with Crippen molar-refractivity contribution in [1.29, 1.82) is 0 Å². The van der Waals surface area contributed by atoms with E-state index in [4.69, 9.17) is 9.47 Å². The maximum atomic E-state index is 12.0. The predicted molar refractivity (Wildman–Crippen MR) is 107 cm³/mol. The molecule has 5 heteroatoms. The summed E-state index contributed by atoms with van der Waals surface area (Å²) < 4.78 is 11.1. The van der Waals surface area contributed by atoms with E-state index in [0.717, 1.165) is 57.1 Å². The molecule has 0 bridgehead atoms. The average molecular weight is 375 g/mol. The van der Waals surface area contributed by atoms with Gasteiger partial charge in [-0.25, -0.2) is 0 Å². The summed E-state index contributed by atoms with van der Waals surface area (Å²) in [5.41, 5.74) is 0. The normalized spacial score (nSPS) is 22.3. The number of piperidine rings is 2. The maximum Gasteiger partial charge on any atom is 0.222 e. The smallest absolute Gasteiger partial charge is 0.222 e. The topological polar surface area (TPSA) is 42.0 Å². The SMILES string of the molecule is COc1ccc(OCC2CCN(CC3CCC(=O)N(C(C)C)C3)CC2)cc1. The molecule has 2 heterocycles. The van der Waals surface area contributed by atoms with Crippen molar-refractivity contribution in [2.24, 2.45) is 11.8 Å². The zero-order chi connectivity index (χ0) is 19.2. The maximum absolute atomic E-state index is 12.0. The Hall–Kier alpha value is -1.75. The van der Waals surface area contributed by atoms with Gasteiger partial charge in [-0.05, 0) is 82.3 Å². The molecular weight excluding hydrogens is 340 g/mol. The first kappa shape index (κ1) is 20.0. The molecule has 0 aliphatic carbocycles. The van der Waals surface area contributed by atoms with E-state index < -0.39 is 0 Å². The highest BCUT2D eigenvalue weighted by Crippen LogP contribution is 2.25. The van der Waals surface area contributed by atoms with Gasteiger partial charge in [0.1, 0.15) is 11.5 Å². The molecule has 1 amide bonds. The van der Waals surface area contributed by atoms with Crippen molar-refractivity contribution < 1.29 is 14.3 Å². The van der Waals surface area contributed by atoms with Gasteiger partial charge in [-0.1, -0.05) is 0 Å². The number of nitrogens with zero attached hydrogens (tertiary/aromatic N) is 2. The number of amides is 1. The zero-order valence-corrected chi connectivity index (χ0v) is 17.0. The standard InChI is InChI=1S/C22H34N2O3/c1-17(2)24-15-19(4-9-22(24)25)14-23-12-10-18(11-13-23)16-27-21-7-5-20(26-3)6-8-21/h5-8,17-19H,4,9-16H2,1-3H3. The van der Waals surface area contributed by atoms with Crippen LogP contribution in [0.1, 0.15) is 39.5 Å². The van der Waals surface area contributed by atoms with Crippen LogP contribution in [0.3, 0.4) is 0 Å². The molecule has 5 nitrogen and oxygen atoms in total. The molecule has 0 saturated carbocycles. The second-order valence-electron chi connectivity index (χ2n) is 8.28. The Morgan fingerprint density at radius 1 is 1.04 bits per heavy atom. The number of hydrogen-bond donors (Lipinski definition) is 0. The number of hydrogen-bond acceptors (Lipinski definition) is 4. The van der Waals surface area contributed by atoms with Crippen LogP contribution in [-0.4, -0.2) is 61.6 Å². The minimum atomic E-state index is 0.320. The van der Waals surface area contributed by atoms with Gasteiger partial charge in [0.2, 0.25) is 5.91 Å². The second-order valence-corrected chi connectivity index (χ2v) is 8.28. The molecular formula is C22H34N2O3. The van der Waals surface area contributed by atoms with E-state index in [2.05, 4.69) is 23.6 Å². The summed E-state index contributed by atoms with van der Waals surface area (Å²) in [7, 11) is 1.68. The number of carbonyl (C=O) groups is 1. The van der Waals surface area contributed by atoms with Crippen molar-refractivity contribution in [3.63, 3.8) is 0 Å². The minimum Gasteiger partial charge on any atom is -0.497 e. The van der Waals surface area contributed by atoms with E-state index in [0.29, 0.717) is 23.8 Å². The molecule has 2 saturated heterocycles. The molecule has 0 N–H and O–H groups in total. The number of ether oxygens (including phenoxy) is 2. The number of rotatable bonds is 7. The highest BCUT2D eigenvalue weighted by molar-refractivity contribution is 5.77. The predicted octanol–water partition coefficient (Wildman–Crippen LogP) is 3.43. The Morgan fingerprint density at radius 2 is 1.70 bits per heavy atom. The first-order valence-corrected chi connectivity index (χ1v) is 10.3. The Labute approximate surface area is 163 Å². The largest absolute Gasteiger partial charge is 0.497 e. The Kier molecular flexibility index (Phi) is 7.00. The average Bonchev–Trinajstić information content (AvgIpc) is 2.69.